The molecule has 0 aromatic heterocycles. The molecule has 1 heterocycles. The fourth-order valence-electron chi connectivity index (χ4n) is 1.43. The maximum Gasteiger partial charge on any atom is 0.362 e. The molecule has 1 fully saturated rings. The molecule has 3 N–H and O–H groups in total. The number of hydrogen-bond donors (Lipinski definition) is 2. The van der Waals surface area contributed by atoms with Crippen LogP contribution in [-0.4, -0.2) is 23.7 Å². The number of nitrogens with two attached hydrogens (primary N) is 1. The second-order valence-electron chi connectivity index (χ2n) is 3.10. The summed E-state index contributed by atoms with van der Waals surface area (Å²) in [6.07, 6.45) is 1.99. The first-order valence-electron chi connectivity index (χ1n) is 3.76. The Labute approximate surface area is 60.4 Å². The average molecular weight is 144 g/mol. The molecule has 0 aromatic carbocycles. The van der Waals surface area contributed by atoms with Crippen molar-refractivity contribution in [2.24, 2.45) is 5.92 Å². The van der Waals surface area contributed by atoms with Gasteiger partial charge in [-0.15, -0.1) is 0 Å². The molecule has 58 valence electrons. The molecule has 0 radical (unpaired) electrons. The Kier molecular flexibility index (Phi) is 2.27. The molecule has 0 aromatic rings. The van der Waals surface area contributed by atoms with Gasteiger partial charge in [0.25, 0.3) is 0 Å². The van der Waals surface area contributed by atoms with Crippen molar-refractivity contribution in [3.05, 3.63) is 0 Å². The molecule has 1 rings (SSSR count). The first kappa shape index (κ1) is 7.54. The van der Waals surface area contributed by atoms with Crippen molar-refractivity contribution in [2.45, 2.75) is 25.8 Å². The number of piperidine rings is 1. The number of hydrogen-bond acceptors (Lipinski definition) is 1. The van der Waals surface area contributed by atoms with Crippen molar-refractivity contribution in [2.75, 3.05) is 6.54 Å². The minimum absolute atomic E-state index is 0.177. The van der Waals surface area contributed by atoms with Crippen molar-refractivity contribution in [1.29, 1.82) is 0 Å². The van der Waals surface area contributed by atoms with Crippen molar-refractivity contribution in [3.8, 4) is 0 Å². The SMILES string of the molecule is CC1CC[NH2+][C@H](C(=O)O)C1. The van der Waals surface area contributed by atoms with Gasteiger partial charge in [0.2, 0.25) is 0 Å². The van der Waals surface area contributed by atoms with Crippen LogP contribution in [0.25, 0.3) is 0 Å². The van der Waals surface area contributed by atoms with Crippen LogP contribution in [0.5, 0.6) is 0 Å². The van der Waals surface area contributed by atoms with Crippen molar-refractivity contribution >= 4 is 5.97 Å². The van der Waals surface area contributed by atoms with E-state index in [2.05, 4.69) is 6.92 Å². The molecular formula is C7H14NO2+. The smallest absolute Gasteiger partial charge is 0.362 e. The lowest BCUT2D eigenvalue weighted by Gasteiger charge is -2.21. The molecule has 3 nitrogen and oxygen atoms in total. The predicted octanol–water partition coefficient (Wildman–Crippen LogP) is -0.567. The fourth-order valence-corrected chi connectivity index (χ4v) is 1.43. The third kappa shape index (κ3) is 1.70. The lowest BCUT2D eigenvalue weighted by Crippen LogP contribution is -2.93. The van der Waals surface area contributed by atoms with Gasteiger partial charge in [-0.05, 0) is 12.3 Å². The molecular weight excluding hydrogens is 130 g/mol. The molecule has 1 aliphatic heterocycles. The summed E-state index contributed by atoms with van der Waals surface area (Å²) in [4.78, 5) is 10.5. The lowest BCUT2D eigenvalue weighted by atomic mass is 9.94. The van der Waals surface area contributed by atoms with E-state index in [0.29, 0.717) is 5.92 Å². The van der Waals surface area contributed by atoms with Crippen LogP contribution < -0.4 is 5.32 Å². The van der Waals surface area contributed by atoms with Gasteiger partial charge in [-0.2, -0.15) is 0 Å². The normalized spacial score (nSPS) is 33.7. The largest absolute Gasteiger partial charge is 0.477 e. The zero-order valence-corrected chi connectivity index (χ0v) is 6.21. The van der Waals surface area contributed by atoms with Crippen LogP contribution in [0, 0.1) is 5.92 Å². The Morgan fingerprint density at radius 2 is 2.40 bits per heavy atom. The molecule has 0 spiro atoms. The molecule has 10 heavy (non-hydrogen) atoms. The highest BCUT2D eigenvalue weighted by molar-refractivity contribution is 5.71. The number of carbonyl (C=O) groups is 1. The number of carboxylic acids is 1. The quantitative estimate of drug-likeness (QED) is 0.518. The number of carboxylic acid groups (broad SMARTS) is 1. The number of aliphatic carboxylic acids is 1. The minimum atomic E-state index is -0.661. The average Bonchev–Trinajstić information content (AvgIpc) is 1.88. The first-order valence-corrected chi connectivity index (χ1v) is 3.76. The van der Waals surface area contributed by atoms with Crippen LogP contribution in [0.4, 0.5) is 0 Å². The standard InChI is InChI=1S/C7H13NO2/c1-5-2-3-8-6(4-5)7(9)10/h5-6,8H,2-4H2,1H3,(H,9,10)/p+1/t5?,6-/m0/s1. The zero-order chi connectivity index (χ0) is 7.56. The van der Waals surface area contributed by atoms with Gasteiger partial charge in [-0.25, -0.2) is 4.79 Å². The highest BCUT2D eigenvalue weighted by atomic mass is 16.4. The summed E-state index contributed by atoms with van der Waals surface area (Å²) >= 11 is 0. The topological polar surface area (TPSA) is 53.9 Å². The third-order valence-corrected chi connectivity index (χ3v) is 2.08. The Morgan fingerprint density at radius 3 is 2.80 bits per heavy atom. The van der Waals surface area contributed by atoms with Crippen molar-refractivity contribution < 1.29 is 15.2 Å². The molecule has 1 aliphatic rings. The van der Waals surface area contributed by atoms with Crippen LogP contribution in [0.3, 0.4) is 0 Å². The Bertz CT molecular complexity index is 136. The van der Waals surface area contributed by atoms with Gasteiger partial charge in [-0.3, -0.25) is 0 Å². The summed E-state index contributed by atoms with van der Waals surface area (Å²) in [5, 5.41) is 10.5. The molecule has 0 saturated carbocycles. The van der Waals surface area contributed by atoms with E-state index in [9.17, 15) is 4.79 Å². The number of rotatable bonds is 1. The molecule has 0 bridgehead atoms. The van der Waals surface area contributed by atoms with E-state index in [0.717, 1.165) is 19.4 Å². The summed E-state index contributed by atoms with van der Waals surface area (Å²) in [7, 11) is 0. The second kappa shape index (κ2) is 3.01. The van der Waals surface area contributed by atoms with Crippen LogP contribution >= 0.6 is 0 Å². The van der Waals surface area contributed by atoms with Crippen molar-refractivity contribution in [3.63, 3.8) is 0 Å². The van der Waals surface area contributed by atoms with Crippen LogP contribution in [0.15, 0.2) is 0 Å². The van der Waals surface area contributed by atoms with Gasteiger partial charge in [0.1, 0.15) is 0 Å². The van der Waals surface area contributed by atoms with Crippen molar-refractivity contribution in [1.82, 2.24) is 0 Å². The fraction of sp³-hybridized carbons (Fsp3) is 0.857. The molecule has 1 unspecified atom stereocenters. The van der Waals surface area contributed by atoms with E-state index in [1.165, 1.54) is 0 Å². The monoisotopic (exact) mass is 144 g/mol. The van der Waals surface area contributed by atoms with Gasteiger partial charge < -0.3 is 10.4 Å². The molecule has 0 aliphatic carbocycles. The molecule has 1 saturated heterocycles. The maximum atomic E-state index is 10.5. The minimum Gasteiger partial charge on any atom is -0.477 e. The molecule has 0 amide bonds. The number of quaternary nitrogens is 1. The predicted molar refractivity (Wildman–Crippen MR) is 36.6 cm³/mol. The highest BCUT2D eigenvalue weighted by Gasteiger charge is 2.27. The van der Waals surface area contributed by atoms with Gasteiger partial charge in [0, 0.05) is 6.42 Å². The van der Waals surface area contributed by atoms with E-state index >= 15 is 0 Å². The summed E-state index contributed by atoms with van der Waals surface area (Å²) < 4.78 is 0. The first-order chi connectivity index (χ1) is 4.70. The van der Waals surface area contributed by atoms with Crippen LogP contribution in [-0.2, 0) is 4.79 Å². The van der Waals surface area contributed by atoms with E-state index in [-0.39, 0.29) is 6.04 Å². The van der Waals surface area contributed by atoms with Crippen LogP contribution in [0.2, 0.25) is 0 Å². The van der Waals surface area contributed by atoms with Crippen LogP contribution in [0.1, 0.15) is 19.8 Å². The van der Waals surface area contributed by atoms with Gasteiger partial charge in [-0.1, -0.05) is 6.92 Å². The van der Waals surface area contributed by atoms with Gasteiger partial charge in [0.15, 0.2) is 6.04 Å². The Hall–Kier alpha value is -0.570. The summed E-state index contributed by atoms with van der Waals surface area (Å²) in [5.41, 5.74) is 0. The third-order valence-electron chi connectivity index (χ3n) is 2.08. The van der Waals surface area contributed by atoms with E-state index in [1.54, 1.807) is 0 Å². The lowest BCUT2D eigenvalue weighted by molar-refractivity contribution is -0.688. The van der Waals surface area contributed by atoms with Gasteiger partial charge in [0.05, 0.1) is 6.54 Å². The summed E-state index contributed by atoms with van der Waals surface area (Å²) in [6, 6.07) is -0.177. The summed E-state index contributed by atoms with van der Waals surface area (Å²) in [6.45, 7) is 3.08. The Balaban J connectivity index is 2.39. The highest BCUT2D eigenvalue weighted by Crippen LogP contribution is 2.10. The Morgan fingerprint density at radius 1 is 1.70 bits per heavy atom. The summed E-state index contributed by atoms with van der Waals surface area (Å²) in [5.74, 6) is -0.0716. The van der Waals surface area contributed by atoms with Gasteiger partial charge >= 0.3 is 5.97 Å². The van der Waals surface area contributed by atoms with E-state index in [4.69, 9.17) is 5.11 Å². The van der Waals surface area contributed by atoms with E-state index < -0.39 is 5.97 Å². The zero-order valence-electron chi connectivity index (χ0n) is 6.21. The molecule has 3 heteroatoms. The maximum absolute atomic E-state index is 10.5. The molecule has 2 atom stereocenters. The van der Waals surface area contributed by atoms with E-state index in [1.807, 2.05) is 5.32 Å². The second-order valence-corrected chi connectivity index (χ2v) is 3.10.